The molecule has 0 saturated carbocycles. The lowest BCUT2D eigenvalue weighted by Crippen LogP contribution is -2.02. The van der Waals surface area contributed by atoms with Gasteiger partial charge in [0.05, 0.1) is 25.2 Å². The number of ether oxygens (including phenoxy) is 1. The third kappa shape index (κ3) is 2.47. The Morgan fingerprint density at radius 1 is 1.12 bits per heavy atom. The van der Waals surface area contributed by atoms with Gasteiger partial charge in [-0.15, -0.1) is 5.10 Å². The highest BCUT2D eigenvalue weighted by atomic mass is 16.5. The first kappa shape index (κ1) is 14.3. The number of aryl methyl sites for hydroxylation is 1. The Morgan fingerprint density at radius 3 is 2.71 bits per heavy atom. The molecule has 3 aromatic heterocycles. The molecule has 1 aromatic carbocycles. The predicted octanol–water partition coefficient (Wildman–Crippen LogP) is 1.68. The van der Waals surface area contributed by atoms with Gasteiger partial charge < -0.3 is 4.74 Å². The number of nitrogens with zero attached hydrogens (tertiary/aromatic N) is 7. The summed E-state index contributed by atoms with van der Waals surface area (Å²) < 4.78 is 8.61. The molecule has 0 atom stereocenters. The van der Waals surface area contributed by atoms with Crippen LogP contribution in [0.3, 0.4) is 0 Å². The number of methoxy groups -OCH3 is 1. The van der Waals surface area contributed by atoms with Crippen molar-refractivity contribution >= 4 is 11.0 Å². The Kier molecular flexibility index (Phi) is 3.42. The Morgan fingerprint density at radius 2 is 1.96 bits per heavy atom. The highest BCUT2D eigenvalue weighted by Crippen LogP contribution is 2.19. The molecule has 0 aliphatic carbocycles. The highest BCUT2D eigenvalue weighted by Gasteiger charge is 2.10. The number of rotatable bonds is 4. The van der Waals surface area contributed by atoms with Gasteiger partial charge in [-0.25, -0.2) is 19.3 Å². The van der Waals surface area contributed by atoms with Crippen LogP contribution in [0, 0.1) is 0 Å². The smallest absolute Gasteiger partial charge is 0.314 e. The molecule has 8 heteroatoms. The third-order valence-electron chi connectivity index (χ3n) is 3.75. The molecular formula is C16H15N7O. The summed E-state index contributed by atoms with van der Waals surface area (Å²) in [5.74, 6) is 0.637. The van der Waals surface area contributed by atoms with Crippen molar-refractivity contribution in [3.8, 4) is 17.4 Å². The van der Waals surface area contributed by atoms with E-state index in [0.29, 0.717) is 18.4 Å². The fourth-order valence-corrected chi connectivity index (χ4v) is 2.55. The lowest BCUT2D eigenvalue weighted by molar-refractivity contribution is 0.359. The molecule has 4 aromatic rings. The van der Waals surface area contributed by atoms with Crippen LogP contribution in [0.25, 0.3) is 22.4 Å². The van der Waals surface area contributed by atoms with Crippen molar-refractivity contribution in [1.82, 2.24) is 34.5 Å². The number of benzene rings is 1. The van der Waals surface area contributed by atoms with E-state index in [-0.39, 0.29) is 0 Å². The Labute approximate surface area is 137 Å². The number of hydrogen-bond acceptors (Lipinski definition) is 6. The van der Waals surface area contributed by atoms with Gasteiger partial charge in [-0.1, -0.05) is 24.3 Å². The zero-order valence-electron chi connectivity index (χ0n) is 13.3. The first-order valence-corrected chi connectivity index (χ1v) is 7.40. The second kappa shape index (κ2) is 5.73. The van der Waals surface area contributed by atoms with Crippen molar-refractivity contribution in [3.05, 3.63) is 48.5 Å². The Bertz CT molecular complexity index is 987. The molecule has 8 nitrogen and oxygen atoms in total. The van der Waals surface area contributed by atoms with E-state index in [2.05, 4.69) is 25.1 Å². The van der Waals surface area contributed by atoms with E-state index in [1.807, 2.05) is 28.9 Å². The minimum atomic E-state index is 0.483. The van der Waals surface area contributed by atoms with Crippen LogP contribution in [0.15, 0.2) is 43.0 Å². The summed E-state index contributed by atoms with van der Waals surface area (Å²) in [6, 6.07) is 8.53. The largest absolute Gasteiger partial charge is 0.467 e. The van der Waals surface area contributed by atoms with E-state index in [1.54, 1.807) is 31.2 Å². The van der Waals surface area contributed by atoms with Crippen molar-refractivity contribution in [2.75, 3.05) is 7.11 Å². The van der Waals surface area contributed by atoms with Crippen LogP contribution in [0.1, 0.15) is 5.56 Å². The molecule has 0 unspecified atom stereocenters. The summed E-state index contributed by atoms with van der Waals surface area (Å²) in [5.41, 5.74) is 2.88. The first-order valence-electron chi connectivity index (χ1n) is 7.40. The Balaban J connectivity index is 1.59. The Hall–Kier alpha value is -3.29. The van der Waals surface area contributed by atoms with Crippen LogP contribution in [0.4, 0.5) is 0 Å². The van der Waals surface area contributed by atoms with Gasteiger partial charge in [0.15, 0.2) is 11.5 Å². The maximum absolute atomic E-state index is 5.15. The van der Waals surface area contributed by atoms with Crippen molar-refractivity contribution in [2.45, 2.75) is 6.54 Å². The predicted molar refractivity (Wildman–Crippen MR) is 87.4 cm³/mol. The minimum absolute atomic E-state index is 0.483. The molecular weight excluding hydrogens is 306 g/mol. The maximum atomic E-state index is 5.15. The molecule has 0 aliphatic rings. The van der Waals surface area contributed by atoms with Gasteiger partial charge in [-0.2, -0.15) is 10.1 Å². The van der Waals surface area contributed by atoms with E-state index >= 15 is 0 Å². The van der Waals surface area contributed by atoms with Gasteiger partial charge in [0.1, 0.15) is 6.33 Å². The average Bonchev–Trinajstić information content (AvgIpc) is 3.19. The average molecular weight is 321 g/mol. The summed E-state index contributed by atoms with van der Waals surface area (Å²) in [5, 5.41) is 9.64. The van der Waals surface area contributed by atoms with Crippen LogP contribution in [-0.4, -0.2) is 41.6 Å². The number of aromatic nitrogens is 7. The molecule has 120 valence electrons. The zero-order chi connectivity index (χ0) is 16.5. The zero-order valence-corrected chi connectivity index (χ0v) is 13.3. The monoisotopic (exact) mass is 321 g/mol. The summed E-state index contributed by atoms with van der Waals surface area (Å²) in [6.45, 7) is 0.639. The van der Waals surface area contributed by atoms with Crippen LogP contribution in [0.2, 0.25) is 0 Å². The van der Waals surface area contributed by atoms with E-state index in [0.717, 1.165) is 22.2 Å². The van der Waals surface area contributed by atoms with Gasteiger partial charge in [0.25, 0.3) is 0 Å². The fourth-order valence-electron chi connectivity index (χ4n) is 2.55. The van der Waals surface area contributed by atoms with Crippen molar-refractivity contribution < 1.29 is 4.74 Å². The molecule has 0 fully saturated rings. The molecule has 0 amide bonds. The highest BCUT2D eigenvalue weighted by molar-refractivity contribution is 5.72. The molecule has 3 heterocycles. The SMILES string of the molecule is COc1nc(-c2ccc(Cn3ncc4cncnc43)cc2)nn1C. The normalized spacial score (nSPS) is 11.1. The maximum Gasteiger partial charge on any atom is 0.314 e. The molecule has 24 heavy (non-hydrogen) atoms. The van der Waals surface area contributed by atoms with Gasteiger partial charge in [-0.05, 0) is 5.56 Å². The fraction of sp³-hybridized carbons (Fsp3) is 0.188. The second-order valence-corrected chi connectivity index (χ2v) is 5.35. The van der Waals surface area contributed by atoms with Crippen molar-refractivity contribution in [1.29, 1.82) is 0 Å². The molecule has 0 saturated heterocycles. The molecule has 0 bridgehead atoms. The van der Waals surface area contributed by atoms with E-state index in [9.17, 15) is 0 Å². The second-order valence-electron chi connectivity index (χ2n) is 5.35. The van der Waals surface area contributed by atoms with Crippen LogP contribution < -0.4 is 4.74 Å². The summed E-state index contributed by atoms with van der Waals surface area (Å²) in [7, 11) is 3.38. The first-order chi connectivity index (χ1) is 11.7. The van der Waals surface area contributed by atoms with E-state index in [1.165, 1.54) is 6.33 Å². The lowest BCUT2D eigenvalue weighted by atomic mass is 10.1. The van der Waals surface area contributed by atoms with E-state index in [4.69, 9.17) is 4.74 Å². The standard InChI is InChI=1S/C16H15N7O/c1-22-16(24-2)20-14(21-22)12-5-3-11(4-6-12)9-23-15-13(8-19-23)7-17-10-18-15/h3-8,10H,9H2,1-2H3. The van der Waals surface area contributed by atoms with Gasteiger partial charge in [-0.3, -0.25) is 0 Å². The van der Waals surface area contributed by atoms with Crippen LogP contribution in [-0.2, 0) is 13.6 Å². The third-order valence-corrected chi connectivity index (χ3v) is 3.75. The topological polar surface area (TPSA) is 83.5 Å². The van der Waals surface area contributed by atoms with Crippen molar-refractivity contribution in [3.63, 3.8) is 0 Å². The summed E-state index contributed by atoms with van der Waals surface area (Å²) >= 11 is 0. The lowest BCUT2D eigenvalue weighted by Gasteiger charge is -2.04. The van der Waals surface area contributed by atoms with Gasteiger partial charge in [0, 0.05) is 18.8 Å². The summed E-state index contributed by atoms with van der Waals surface area (Å²) in [4.78, 5) is 12.6. The molecule has 0 N–H and O–H groups in total. The van der Waals surface area contributed by atoms with Gasteiger partial charge >= 0.3 is 6.01 Å². The van der Waals surface area contributed by atoms with Crippen LogP contribution in [0.5, 0.6) is 6.01 Å². The molecule has 4 rings (SSSR count). The summed E-state index contributed by atoms with van der Waals surface area (Å²) in [6.07, 6.45) is 5.06. The van der Waals surface area contributed by atoms with Crippen LogP contribution >= 0.6 is 0 Å². The number of hydrogen-bond donors (Lipinski definition) is 0. The van der Waals surface area contributed by atoms with Crippen molar-refractivity contribution in [2.24, 2.45) is 7.05 Å². The quantitative estimate of drug-likeness (QED) is 0.568. The minimum Gasteiger partial charge on any atom is -0.467 e. The molecule has 0 radical (unpaired) electrons. The molecule has 0 spiro atoms. The molecule has 0 aliphatic heterocycles. The number of fused-ring (bicyclic) bond motifs is 1. The van der Waals surface area contributed by atoms with E-state index < -0.39 is 0 Å². The van der Waals surface area contributed by atoms with Gasteiger partial charge in [0.2, 0.25) is 0 Å².